The van der Waals surface area contributed by atoms with Gasteiger partial charge in [0.25, 0.3) is 0 Å². The molecule has 0 aliphatic heterocycles. The normalized spacial score (nSPS) is 19.5. The van der Waals surface area contributed by atoms with Gasteiger partial charge in [-0.2, -0.15) is 0 Å². The fourth-order valence-corrected chi connectivity index (χ4v) is 3.26. The lowest BCUT2D eigenvalue weighted by molar-refractivity contribution is -0.274. The lowest BCUT2D eigenvalue weighted by Crippen LogP contribution is -2.28. The molecule has 1 aliphatic rings. The smallest absolute Gasteiger partial charge is 0.406 e. The fourth-order valence-electron chi connectivity index (χ4n) is 3.26. The number of hydrogen-bond donors (Lipinski definition) is 3. The van der Waals surface area contributed by atoms with Crippen LogP contribution in [0.3, 0.4) is 0 Å². The molecule has 7 heteroatoms. The van der Waals surface area contributed by atoms with E-state index in [1.54, 1.807) is 12.1 Å². The number of halogens is 3. The zero-order valence-electron chi connectivity index (χ0n) is 13.7. The third-order valence-electron chi connectivity index (χ3n) is 4.53. The van der Waals surface area contributed by atoms with Crippen LogP contribution in [0, 0.1) is 16.7 Å². The zero-order valence-corrected chi connectivity index (χ0v) is 13.7. The Labute approximate surface area is 148 Å². The average molecular weight is 362 g/mol. The highest BCUT2D eigenvalue weighted by molar-refractivity contribution is 6.00. The maximum atomic E-state index is 12.2. The van der Waals surface area contributed by atoms with Crippen molar-refractivity contribution >= 4 is 11.9 Å². The van der Waals surface area contributed by atoms with E-state index in [-0.39, 0.29) is 11.5 Å². The number of hydrogen-bond acceptors (Lipinski definition) is 4. The molecule has 2 aromatic carbocycles. The third-order valence-corrected chi connectivity index (χ3v) is 4.53. The molecule has 2 atom stereocenters. The monoisotopic (exact) mass is 362 g/mol. The van der Waals surface area contributed by atoms with Crippen LogP contribution in [0.25, 0.3) is 0 Å². The highest BCUT2D eigenvalue weighted by Gasteiger charge is 2.33. The molecule has 3 rings (SSSR count). The van der Waals surface area contributed by atoms with Crippen LogP contribution in [0.2, 0.25) is 0 Å². The van der Waals surface area contributed by atoms with Crippen LogP contribution in [0.1, 0.15) is 34.8 Å². The van der Waals surface area contributed by atoms with E-state index in [4.69, 9.17) is 10.8 Å². The molecule has 0 saturated carbocycles. The van der Waals surface area contributed by atoms with E-state index in [1.165, 1.54) is 18.3 Å². The molecule has 0 bridgehead atoms. The predicted octanol–water partition coefficient (Wildman–Crippen LogP) is 4.25. The Morgan fingerprint density at radius 3 is 2.46 bits per heavy atom. The number of aliphatic hydroxyl groups is 1. The molecule has 3 N–H and O–H groups in total. The van der Waals surface area contributed by atoms with Gasteiger partial charge in [-0.1, -0.05) is 12.1 Å². The average Bonchev–Trinajstić information content (AvgIpc) is 2.60. The Hall–Kier alpha value is -2.67. The maximum Gasteiger partial charge on any atom is 0.573 e. The van der Waals surface area contributed by atoms with Crippen LogP contribution in [-0.2, 0) is 6.42 Å². The number of nitrogens with one attached hydrogen (secondary N) is 2. The molecule has 0 amide bonds. The van der Waals surface area contributed by atoms with Gasteiger partial charge in [0.15, 0.2) is 0 Å². The molecule has 0 heterocycles. The van der Waals surface area contributed by atoms with Crippen molar-refractivity contribution in [3.63, 3.8) is 0 Å². The summed E-state index contributed by atoms with van der Waals surface area (Å²) in [6, 6.07) is 10.5. The first-order chi connectivity index (χ1) is 12.3. The summed E-state index contributed by atoms with van der Waals surface area (Å²) >= 11 is 0. The molecule has 4 nitrogen and oxygen atoms in total. The Bertz CT molecular complexity index is 832. The topological polar surface area (TPSA) is 77.2 Å². The highest BCUT2D eigenvalue weighted by atomic mass is 19.4. The summed E-state index contributed by atoms with van der Waals surface area (Å²) in [5.74, 6) is -0.787. The summed E-state index contributed by atoms with van der Waals surface area (Å²) < 4.78 is 40.5. The van der Waals surface area contributed by atoms with E-state index >= 15 is 0 Å². The van der Waals surface area contributed by atoms with Crippen LogP contribution in [0.5, 0.6) is 5.75 Å². The first-order valence-corrected chi connectivity index (χ1v) is 8.04. The summed E-state index contributed by atoms with van der Waals surface area (Å²) in [7, 11) is 0. The molecule has 0 radical (unpaired) electrons. The molecule has 26 heavy (non-hydrogen) atoms. The molecule has 2 unspecified atom stereocenters. The van der Waals surface area contributed by atoms with Gasteiger partial charge in [-0.3, -0.25) is 0 Å². The molecule has 0 aromatic heterocycles. The lowest BCUT2D eigenvalue weighted by atomic mass is 9.77. The van der Waals surface area contributed by atoms with Crippen LogP contribution in [0.4, 0.5) is 13.2 Å². The van der Waals surface area contributed by atoms with Gasteiger partial charge in [0.2, 0.25) is 0 Å². The number of aryl methyl sites for hydroxylation is 1. The van der Waals surface area contributed by atoms with Gasteiger partial charge in [0.1, 0.15) is 5.75 Å². The Morgan fingerprint density at radius 2 is 1.85 bits per heavy atom. The zero-order chi connectivity index (χ0) is 18.9. The fraction of sp³-hybridized carbons (Fsp3) is 0.263. The Morgan fingerprint density at radius 1 is 1.15 bits per heavy atom. The second-order valence-corrected chi connectivity index (χ2v) is 6.18. The van der Waals surface area contributed by atoms with Crippen molar-refractivity contribution in [1.29, 1.82) is 10.8 Å². The van der Waals surface area contributed by atoms with Crippen LogP contribution in [0.15, 0.2) is 42.5 Å². The Balaban J connectivity index is 1.78. The molecule has 136 valence electrons. The van der Waals surface area contributed by atoms with Crippen molar-refractivity contribution < 1.29 is 23.0 Å². The van der Waals surface area contributed by atoms with Crippen LogP contribution in [-0.4, -0.2) is 23.4 Å². The summed E-state index contributed by atoms with van der Waals surface area (Å²) in [6.45, 7) is 0. The van der Waals surface area contributed by atoms with Crippen molar-refractivity contribution in [2.45, 2.75) is 25.3 Å². The first kappa shape index (κ1) is 18.1. The third kappa shape index (κ3) is 3.77. The number of ether oxygens (including phenoxy) is 1. The minimum absolute atomic E-state index is 0.179. The van der Waals surface area contributed by atoms with E-state index < -0.39 is 18.4 Å². The van der Waals surface area contributed by atoms with Gasteiger partial charge >= 0.3 is 6.36 Å². The van der Waals surface area contributed by atoms with E-state index in [1.807, 2.05) is 6.07 Å². The molecular weight excluding hydrogens is 345 g/mol. The summed E-state index contributed by atoms with van der Waals surface area (Å²) in [4.78, 5) is 0. The molecule has 1 aliphatic carbocycles. The van der Waals surface area contributed by atoms with Crippen LogP contribution < -0.4 is 4.74 Å². The van der Waals surface area contributed by atoms with Crippen molar-refractivity contribution in [3.05, 3.63) is 64.7 Å². The predicted molar refractivity (Wildman–Crippen MR) is 91.1 cm³/mol. The number of benzene rings is 2. The van der Waals surface area contributed by atoms with E-state index in [9.17, 15) is 18.3 Å². The molecule has 0 saturated heterocycles. The molecule has 0 spiro atoms. The summed E-state index contributed by atoms with van der Waals surface area (Å²) in [6.07, 6.45) is -3.16. The van der Waals surface area contributed by atoms with Crippen LogP contribution >= 0.6 is 0 Å². The minimum atomic E-state index is -4.76. The van der Waals surface area contributed by atoms with Gasteiger partial charge in [-0.05, 0) is 65.4 Å². The number of rotatable bonds is 4. The second kappa shape index (κ2) is 6.92. The first-order valence-electron chi connectivity index (χ1n) is 8.04. The van der Waals surface area contributed by atoms with Crippen molar-refractivity contribution in [1.82, 2.24) is 0 Å². The summed E-state index contributed by atoms with van der Waals surface area (Å²) in [5.41, 5.74) is 3.07. The highest BCUT2D eigenvalue weighted by Crippen LogP contribution is 2.37. The van der Waals surface area contributed by atoms with Gasteiger partial charge < -0.3 is 20.7 Å². The van der Waals surface area contributed by atoms with Crippen molar-refractivity contribution in [3.8, 4) is 5.75 Å². The molecule has 2 aromatic rings. The number of alkyl halides is 3. The SMILES string of the molecule is N=Cc1ccc2c(c1)CCC(C(=N)c1ccc(OC(F)(F)F)cc1)C2O. The van der Waals surface area contributed by atoms with E-state index in [0.717, 1.165) is 28.8 Å². The van der Waals surface area contributed by atoms with E-state index in [0.29, 0.717) is 18.4 Å². The number of aliphatic hydroxyl groups excluding tert-OH is 1. The summed E-state index contributed by atoms with van der Waals surface area (Å²) in [5, 5.41) is 26.3. The minimum Gasteiger partial charge on any atom is -0.406 e. The van der Waals surface area contributed by atoms with Gasteiger partial charge in [0.05, 0.1) is 6.10 Å². The largest absolute Gasteiger partial charge is 0.573 e. The second-order valence-electron chi connectivity index (χ2n) is 6.18. The van der Waals surface area contributed by atoms with Gasteiger partial charge in [0, 0.05) is 17.8 Å². The lowest BCUT2D eigenvalue weighted by Gasteiger charge is -2.31. The van der Waals surface area contributed by atoms with Crippen molar-refractivity contribution in [2.24, 2.45) is 5.92 Å². The van der Waals surface area contributed by atoms with E-state index in [2.05, 4.69) is 4.74 Å². The quantitative estimate of drug-likeness (QED) is 0.711. The maximum absolute atomic E-state index is 12.2. The van der Waals surface area contributed by atoms with Gasteiger partial charge in [-0.15, -0.1) is 13.2 Å². The number of fused-ring (bicyclic) bond motifs is 1. The van der Waals surface area contributed by atoms with Gasteiger partial charge in [-0.25, -0.2) is 0 Å². The van der Waals surface area contributed by atoms with Crippen molar-refractivity contribution in [2.75, 3.05) is 0 Å². The Kier molecular flexibility index (Phi) is 4.82. The molecular formula is C19H17F3N2O2. The molecule has 0 fully saturated rings. The standard InChI is InChI=1S/C19H17F3N2O2/c20-19(21,22)26-14-5-2-12(3-6-14)17(24)16-8-4-13-9-11(10-23)1-7-15(13)18(16)25/h1-3,5-7,9-10,16,18,23-25H,4,8H2.